The Labute approximate surface area is 195 Å². The maximum Gasteiger partial charge on any atom is 0.265 e. The molecule has 1 aromatic heterocycles. The molecule has 0 saturated carbocycles. The van der Waals surface area contributed by atoms with Crippen molar-refractivity contribution < 1.29 is 27.4 Å². The van der Waals surface area contributed by atoms with E-state index in [4.69, 9.17) is 14.2 Å². The molecule has 0 atom stereocenters. The van der Waals surface area contributed by atoms with Gasteiger partial charge in [0.25, 0.3) is 15.9 Å². The lowest BCUT2D eigenvalue weighted by Gasteiger charge is -2.29. The van der Waals surface area contributed by atoms with Crippen LogP contribution in [0, 0.1) is 0 Å². The molecule has 3 aromatic rings. The number of aromatic nitrogens is 1. The van der Waals surface area contributed by atoms with E-state index in [9.17, 15) is 13.2 Å². The SMILES string of the molecule is CCCN1C(=O)COc2ccc(-c3csc(NS(=O)(=O)c4ccc5c(c4)OCCO5)n3)cc21. The molecule has 0 radical (unpaired) electrons. The van der Waals surface area contributed by atoms with E-state index in [1.54, 1.807) is 22.4 Å². The molecule has 0 bridgehead atoms. The highest BCUT2D eigenvalue weighted by molar-refractivity contribution is 7.93. The lowest BCUT2D eigenvalue weighted by atomic mass is 10.1. The van der Waals surface area contributed by atoms with Gasteiger partial charge in [-0.25, -0.2) is 13.4 Å². The average molecular weight is 488 g/mol. The second-order valence-electron chi connectivity index (χ2n) is 7.47. The molecule has 0 aliphatic carbocycles. The Balaban J connectivity index is 1.39. The van der Waals surface area contributed by atoms with Gasteiger partial charge in [0.05, 0.1) is 16.3 Å². The summed E-state index contributed by atoms with van der Waals surface area (Å²) in [5.41, 5.74) is 2.04. The van der Waals surface area contributed by atoms with Gasteiger partial charge in [0.2, 0.25) is 0 Å². The van der Waals surface area contributed by atoms with Gasteiger partial charge in [0.15, 0.2) is 23.2 Å². The number of sulfonamides is 1. The number of carbonyl (C=O) groups excluding carboxylic acids is 1. The number of carbonyl (C=O) groups is 1. The van der Waals surface area contributed by atoms with Crippen molar-refractivity contribution >= 4 is 38.1 Å². The maximum atomic E-state index is 12.9. The molecule has 0 spiro atoms. The van der Waals surface area contributed by atoms with Crippen LogP contribution < -0.4 is 23.8 Å². The van der Waals surface area contributed by atoms with Crippen molar-refractivity contribution in [2.24, 2.45) is 0 Å². The first-order valence-electron chi connectivity index (χ1n) is 10.4. The summed E-state index contributed by atoms with van der Waals surface area (Å²) in [6, 6.07) is 9.97. The van der Waals surface area contributed by atoms with E-state index in [2.05, 4.69) is 9.71 Å². The number of fused-ring (bicyclic) bond motifs is 2. The number of hydrogen-bond donors (Lipinski definition) is 1. The minimum atomic E-state index is -3.86. The standard InChI is InChI=1S/C22H21N3O6S2/c1-2-7-25-17-10-14(3-5-18(17)31-12-21(25)26)16-13-32-22(23-16)24-33(27,28)15-4-6-19-20(11-15)30-9-8-29-19/h3-6,10-11,13H,2,7-9,12H2,1H3,(H,23,24). The van der Waals surface area contributed by atoms with E-state index in [0.29, 0.717) is 48.4 Å². The van der Waals surface area contributed by atoms with Crippen molar-refractivity contribution in [1.29, 1.82) is 0 Å². The van der Waals surface area contributed by atoms with E-state index in [0.717, 1.165) is 12.0 Å². The molecule has 9 nitrogen and oxygen atoms in total. The number of ether oxygens (including phenoxy) is 3. The van der Waals surface area contributed by atoms with Crippen LogP contribution in [0.3, 0.4) is 0 Å². The molecule has 0 unspecified atom stereocenters. The lowest BCUT2D eigenvalue weighted by molar-refractivity contribution is -0.121. The zero-order chi connectivity index (χ0) is 23.0. The number of anilines is 2. The molecule has 11 heteroatoms. The minimum absolute atomic E-state index is 0.0227. The molecule has 33 heavy (non-hydrogen) atoms. The summed E-state index contributed by atoms with van der Waals surface area (Å²) in [4.78, 5) is 18.5. The zero-order valence-electron chi connectivity index (χ0n) is 17.7. The Morgan fingerprint density at radius 2 is 1.85 bits per heavy atom. The fourth-order valence-electron chi connectivity index (χ4n) is 3.65. The second kappa shape index (κ2) is 8.56. The summed E-state index contributed by atoms with van der Waals surface area (Å²) < 4.78 is 44.7. The predicted octanol–water partition coefficient (Wildman–Crippen LogP) is 3.52. The number of benzene rings is 2. The smallest absolute Gasteiger partial charge is 0.265 e. The summed E-state index contributed by atoms with van der Waals surface area (Å²) in [6.07, 6.45) is 0.817. The van der Waals surface area contributed by atoms with Gasteiger partial charge in [-0.05, 0) is 36.8 Å². The number of nitrogens with one attached hydrogen (secondary N) is 1. The zero-order valence-corrected chi connectivity index (χ0v) is 19.4. The Bertz CT molecular complexity index is 1320. The third-order valence-corrected chi connectivity index (χ3v) is 7.42. The molecule has 3 heterocycles. The van der Waals surface area contributed by atoms with E-state index >= 15 is 0 Å². The van der Waals surface area contributed by atoms with Crippen LogP contribution in [0.1, 0.15) is 13.3 Å². The number of hydrogen-bond acceptors (Lipinski definition) is 8. The maximum absolute atomic E-state index is 12.9. The highest BCUT2D eigenvalue weighted by Crippen LogP contribution is 2.37. The number of nitrogens with zero attached hydrogens (tertiary/aromatic N) is 2. The van der Waals surface area contributed by atoms with Crippen molar-refractivity contribution in [2.45, 2.75) is 18.2 Å². The van der Waals surface area contributed by atoms with E-state index < -0.39 is 10.0 Å². The van der Waals surface area contributed by atoms with E-state index in [1.165, 1.54) is 23.5 Å². The van der Waals surface area contributed by atoms with Crippen LogP contribution in [0.2, 0.25) is 0 Å². The van der Waals surface area contributed by atoms with E-state index in [-0.39, 0.29) is 22.5 Å². The van der Waals surface area contributed by atoms with Crippen LogP contribution in [0.4, 0.5) is 10.8 Å². The molecular weight excluding hydrogens is 466 g/mol. The first-order valence-corrected chi connectivity index (χ1v) is 12.8. The first-order chi connectivity index (χ1) is 15.9. The van der Waals surface area contributed by atoms with Gasteiger partial charge < -0.3 is 19.1 Å². The third-order valence-electron chi connectivity index (χ3n) is 5.19. The third kappa shape index (κ3) is 4.21. The molecule has 0 saturated heterocycles. The normalized spacial score (nSPS) is 15.1. The van der Waals surface area contributed by atoms with Crippen LogP contribution in [-0.4, -0.2) is 45.7 Å². The molecular formula is C22H21N3O6S2. The quantitative estimate of drug-likeness (QED) is 0.567. The van der Waals surface area contributed by atoms with Crippen LogP contribution in [0.25, 0.3) is 11.3 Å². The van der Waals surface area contributed by atoms with Crippen molar-refractivity contribution in [3.63, 3.8) is 0 Å². The van der Waals surface area contributed by atoms with Crippen LogP contribution >= 0.6 is 11.3 Å². The van der Waals surface area contributed by atoms with E-state index in [1.807, 2.05) is 19.1 Å². The molecule has 2 aromatic carbocycles. The van der Waals surface area contributed by atoms with Crippen LogP contribution in [0.5, 0.6) is 17.2 Å². The second-order valence-corrected chi connectivity index (χ2v) is 10.0. The summed E-state index contributed by atoms with van der Waals surface area (Å²) in [5, 5.41) is 1.99. The topological polar surface area (TPSA) is 107 Å². The van der Waals surface area contributed by atoms with Crippen molar-refractivity contribution in [3.8, 4) is 28.5 Å². The number of amides is 1. The summed E-state index contributed by atoms with van der Waals surface area (Å²) in [5.74, 6) is 1.46. The van der Waals surface area contributed by atoms with Gasteiger partial charge >= 0.3 is 0 Å². The van der Waals surface area contributed by atoms with Gasteiger partial charge in [0, 0.05) is 23.6 Å². The van der Waals surface area contributed by atoms with Gasteiger partial charge in [0.1, 0.15) is 19.0 Å². The fourth-order valence-corrected chi connectivity index (χ4v) is 5.64. The molecule has 2 aliphatic heterocycles. The Kier molecular flexibility index (Phi) is 5.59. The summed E-state index contributed by atoms with van der Waals surface area (Å²) >= 11 is 1.17. The minimum Gasteiger partial charge on any atom is -0.486 e. The number of thiazole rings is 1. The summed E-state index contributed by atoms with van der Waals surface area (Å²) in [7, 11) is -3.86. The highest BCUT2D eigenvalue weighted by Gasteiger charge is 2.26. The summed E-state index contributed by atoms with van der Waals surface area (Å²) in [6.45, 7) is 3.42. The molecule has 0 fully saturated rings. The lowest BCUT2D eigenvalue weighted by Crippen LogP contribution is -2.39. The Morgan fingerprint density at radius 3 is 2.67 bits per heavy atom. The van der Waals surface area contributed by atoms with Crippen LogP contribution in [0.15, 0.2) is 46.7 Å². The van der Waals surface area contributed by atoms with Gasteiger partial charge in [-0.1, -0.05) is 6.92 Å². The molecule has 172 valence electrons. The average Bonchev–Trinajstić information content (AvgIpc) is 3.28. The fraction of sp³-hybridized carbons (Fsp3) is 0.273. The van der Waals surface area contributed by atoms with Crippen molar-refractivity contribution in [3.05, 3.63) is 41.8 Å². The first kappa shape index (κ1) is 21.5. The largest absolute Gasteiger partial charge is 0.486 e. The highest BCUT2D eigenvalue weighted by atomic mass is 32.2. The van der Waals surface area contributed by atoms with Gasteiger partial charge in [-0.15, -0.1) is 11.3 Å². The number of rotatable bonds is 6. The monoisotopic (exact) mass is 487 g/mol. The van der Waals surface area contributed by atoms with Gasteiger partial charge in [-0.2, -0.15) is 0 Å². The Hall–Kier alpha value is -3.31. The van der Waals surface area contributed by atoms with Crippen LogP contribution in [-0.2, 0) is 14.8 Å². The van der Waals surface area contributed by atoms with Gasteiger partial charge in [-0.3, -0.25) is 9.52 Å². The van der Waals surface area contributed by atoms with Crippen molar-refractivity contribution in [2.75, 3.05) is 36.0 Å². The Morgan fingerprint density at radius 1 is 1.06 bits per heavy atom. The molecule has 1 N–H and O–H groups in total. The molecule has 1 amide bonds. The van der Waals surface area contributed by atoms with Crippen molar-refractivity contribution in [1.82, 2.24) is 4.98 Å². The predicted molar refractivity (Wildman–Crippen MR) is 124 cm³/mol. The molecule has 5 rings (SSSR count). The molecule has 2 aliphatic rings.